The second kappa shape index (κ2) is 10.8. The second-order valence-electron chi connectivity index (χ2n) is 6.76. The van der Waals surface area contributed by atoms with Crippen LogP contribution in [0.3, 0.4) is 0 Å². The number of ether oxygens (including phenoxy) is 2. The van der Waals surface area contributed by atoms with Gasteiger partial charge in [0, 0.05) is 25.7 Å². The number of rotatable bonds is 9. The topological polar surface area (TPSA) is 42.0 Å². The molecule has 2 aromatic rings. The Morgan fingerprint density at radius 3 is 2.52 bits per heavy atom. The van der Waals surface area contributed by atoms with E-state index in [0.29, 0.717) is 41.7 Å². The molecule has 0 atom stereocenters. The zero-order valence-corrected chi connectivity index (χ0v) is 17.9. The molecule has 5 nitrogen and oxygen atoms in total. The molecule has 0 saturated heterocycles. The van der Waals surface area contributed by atoms with Gasteiger partial charge < -0.3 is 19.3 Å². The van der Waals surface area contributed by atoms with E-state index in [1.807, 2.05) is 19.0 Å². The predicted molar refractivity (Wildman–Crippen MR) is 114 cm³/mol. The van der Waals surface area contributed by atoms with Gasteiger partial charge in [0.05, 0.1) is 19.2 Å². The maximum atomic E-state index is 13.5. The minimum Gasteiger partial charge on any atom is -0.493 e. The number of methoxy groups -OCH3 is 2. The van der Waals surface area contributed by atoms with Crippen molar-refractivity contribution in [3.63, 3.8) is 0 Å². The molecule has 29 heavy (non-hydrogen) atoms. The number of halogens is 2. The summed E-state index contributed by atoms with van der Waals surface area (Å²) in [5, 5.41) is 0.392. The molecule has 156 valence electrons. The van der Waals surface area contributed by atoms with E-state index in [1.54, 1.807) is 35.2 Å². The fraction of sp³-hybridized carbons (Fsp3) is 0.318. The van der Waals surface area contributed by atoms with Crippen molar-refractivity contribution in [2.45, 2.75) is 6.54 Å². The highest BCUT2D eigenvalue weighted by Crippen LogP contribution is 2.36. The number of carbonyl (C=O) groups is 1. The zero-order valence-electron chi connectivity index (χ0n) is 17.1. The molecule has 0 heterocycles. The van der Waals surface area contributed by atoms with E-state index in [0.717, 1.165) is 5.56 Å². The number of hydrogen-bond donors (Lipinski definition) is 0. The summed E-state index contributed by atoms with van der Waals surface area (Å²) >= 11 is 6.22. The van der Waals surface area contributed by atoms with Crippen molar-refractivity contribution in [2.75, 3.05) is 41.4 Å². The Balaban J connectivity index is 2.20. The zero-order chi connectivity index (χ0) is 21.4. The lowest BCUT2D eigenvalue weighted by molar-refractivity contribution is -0.126. The molecule has 1 amide bonds. The summed E-state index contributed by atoms with van der Waals surface area (Å²) in [5.41, 5.74) is 1.44. The van der Waals surface area contributed by atoms with Crippen molar-refractivity contribution in [3.05, 3.63) is 64.4 Å². The third kappa shape index (κ3) is 6.76. The number of benzene rings is 2. The van der Waals surface area contributed by atoms with Crippen LogP contribution in [0.4, 0.5) is 4.39 Å². The number of hydrogen-bond acceptors (Lipinski definition) is 4. The Bertz CT molecular complexity index is 871. The van der Waals surface area contributed by atoms with Crippen LogP contribution in [0.25, 0.3) is 6.08 Å². The van der Waals surface area contributed by atoms with Crippen LogP contribution < -0.4 is 9.47 Å². The fourth-order valence-corrected chi connectivity index (χ4v) is 3.05. The van der Waals surface area contributed by atoms with Gasteiger partial charge in [-0.05, 0) is 55.6 Å². The van der Waals surface area contributed by atoms with Gasteiger partial charge in [-0.15, -0.1) is 0 Å². The highest BCUT2D eigenvalue weighted by Gasteiger charge is 2.13. The van der Waals surface area contributed by atoms with Gasteiger partial charge in [0.25, 0.3) is 0 Å². The van der Waals surface area contributed by atoms with Crippen molar-refractivity contribution in [2.24, 2.45) is 0 Å². The highest BCUT2D eigenvalue weighted by molar-refractivity contribution is 6.32. The summed E-state index contributed by atoms with van der Waals surface area (Å²) in [6.07, 6.45) is 3.15. The predicted octanol–water partition coefficient (Wildman–Crippen LogP) is 4.10. The fourth-order valence-electron chi connectivity index (χ4n) is 2.75. The highest BCUT2D eigenvalue weighted by atomic mass is 35.5. The van der Waals surface area contributed by atoms with Crippen molar-refractivity contribution in [1.82, 2.24) is 9.80 Å². The summed E-state index contributed by atoms with van der Waals surface area (Å²) in [7, 11) is 6.91. The van der Waals surface area contributed by atoms with E-state index >= 15 is 0 Å². The smallest absolute Gasteiger partial charge is 0.246 e. The van der Waals surface area contributed by atoms with Gasteiger partial charge in [0.2, 0.25) is 5.91 Å². The molecule has 0 aliphatic heterocycles. The van der Waals surface area contributed by atoms with Gasteiger partial charge in [-0.3, -0.25) is 4.79 Å². The van der Waals surface area contributed by atoms with Crippen molar-refractivity contribution >= 4 is 23.6 Å². The second-order valence-corrected chi connectivity index (χ2v) is 7.17. The molecule has 2 rings (SSSR count). The maximum absolute atomic E-state index is 13.5. The Morgan fingerprint density at radius 2 is 1.90 bits per heavy atom. The first-order valence-electron chi connectivity index (χ1n) is 9.11. The third-order valence-electron chi connectivity index (χ3n) is 4.27. The van der Waals surface area contributed by atoms with Crippen molar-refractivity contribution < 1.29 is 18.7 Å². The molecular formula is C22H26ClFN2O3. The largest absolute Gasteiger partial charge is 0.493 e. The summed E-state index contributed by atoms with van der Waals surface area (Å²) in [4.78, 5) is 16.5. The van der Waals surface area contributed by atoms with Crippen LogP contribution >= 0.6 is 11.6 Å². The van der Waals surface area contributed by atoms with Gasteiger partial charge in [0.1, 0.15) is 5.82 Å². The molecule has 2 aromatic carbocycles. The van der Waals surface area contributed by atoms with Crippen LogP contribution in [-0.4, -0.2) is 57.1 Å². The normalized spacial score (nSPS) is 11.1. The minimum atomic E-state index is -0.321. The van der Waals surface area contributed by atoms with Crippen molar-refractivity contribution in [3.8, 4) is 11.5 Å². The lowest BCUT2D eigenvalue weighted by Crippen LogP contribution is -2.35. The van der Waals surface area contributed by atoms with Crippen LogP contribution in [-0.2, 0) is 11.3 Å². The van der Waals surface area contributed by atoms with E-state index < -0.39 is 0 Å². The molecule has 0 unspecified atom stereocenters. The molecular weight excluding hydrogens is 395 g/mol. The van der Waals surface area contributed by atoms with E-state index in [-0.39, 0.29) is 11.7 Å². The first-order chi connectivity index (χ1) is 13.8. The monoisotopic (exact) mass is 420 g/mol. The molecule has 0 aliphatic carbocycles. The molecule has 0 bridgehead atoms. The minimum absolute atomic E-state index is 0.179. The molecule has 0 aromatic heterocycles. The molecule has 0 saturated carbocycles. The van der Waals surface area contributed by atoms with Crippen LogP contribution in [0.2, 0.25) is 5.02 Å². The third-order valence-corrected chi connectivity index (χ3v) is 4.55. The van der Waals surface area contributed by atoms with Crippen LogP contribution in [0, 0.1) is 5.82 Å². The average Bonchev–Trinajstić information content (AvgIpc) is 2.68. The van der Waals surface area contributed by atoms with Crippen LogP contribution in [0.1, 0.15) is 11.1 Å². The van der Waals surface area contributed by atoms with Crippen LogP contribution in [0.15, 0.2) is 42.5 Å². The molecule has 0 fully saturated rings. The van der Waals surface area contributed by atoms with Gasteiger partial charge in [-0.25, -0.2) is 4.39 Å². The molecule has 0 aliphatic rings. The van der Waals surface area contributed by atoms with Gasteiger partial charge in [-0.1, -0.05) is 23.7 Å². The Labute approximate surface area is 176 Å². The van der Waals surface area contributed by atoms with Gasteiger partial charge in [-0.2, -0.15) is 0 Å². The maximum Gasteiger partial charge on any atom is 0.246 e. The Morgan fingerprint density at radius 1 is 1.14 bits per heavy atom. The van der Waals surface area contributed by atoms with Gasteiger partial charge >= 0.3 is 0 Å². The Kier molecular flexibility index (Phi) is 8.49. The van der Waals surface area contributed by atoms with Crippen LogP contribution in [0.5, 0.6) is 11.5 Å². The SMILES string of the molecule is COc1cc(C=CC(=O)N(CCN(C)C)Cc2cccc(F)c2)cc(Cl)c1OC. The number of nitrogens with zero attached hydrogens (tertiary/aromatic N) is 2. The quantitative estimate of drug-likeness (QED) is 0.573. The molecule has 0 spiro atoms. The number of carbonyl (C=O) groups excluding carboxylic acids is 1. The standard InChI is InChI=1S/C22H26ClFN2O3/c1-25(2)10-11-26(15-17-6-5-7-18(24)12-17)21(27)9-8-16-13-19(23)22(29-4)20(14-16)28-3/h5-9,12-14H,10-11,15H2,1-4H3. The average molecular weight is 421 g/mol. The molecule has 7 heteroatoms. The lowest BCUT2D eigenvalue weighted by atomic mass is 10.1. The lowest BCUT2D eigenvalue weighted by Gasteiger charge is -2.23. The molecule has 0 radical (unpaired) electrons. The summed E-state index contributed by atoms with van der Waals surface area (Å²) in [6.45, 7) is 1.53. The summed E-state index contributed by atoms with van der Waals surface area (Å²) < 4.78 is 24.0. The first-order valence-corrected chi connectivity index (χ1v) is 9.49. The van der Waals surface area contributed by atoms with E-state index in [9.17, 15) is 9.18 Å². The van der Waals surface area contributed by atoms with Crippen molar-refractivity contribution in [1.29, 1.82) is 0 Å². The summed E-state index contributed by atoms with van der Waals surface area (Å²) in [6, 6.07) is 9.70. The van der Waals surface area contributed by atoms with E-state index in [1.165, 1.54) is 32.4 Å². The number of likely N-dealkylation sites (N-methyl/N-ethyl adjacent to an activating group) is 1. The number of amides is 1. The molecule has 0 N–H and O–H groups in total. The van der Waals surface area contributed by atoms with Gasteiger partial charge in [0.15, 0.2) is 11.5 Å². The summed E-state index contributed by atoms with van der Waals surface area (Å²) in [5.74, 6) is 0.424. The Hall–Kier alpha value is -2.57. The van der Waals surface area contributed by atoms with E-state index in [2.05, 4.69) is 0 Å². The first kappa shape index (κ1) is 22.7. The van der Waals surface area contributed by atoms with E-state index in [4.69, 9.17) is 21.1 Å².